The van der Waals surface area contributed by atoms with Crippen LogP contribution in [-0.2, 0) is 6.42 Å². The van der Waals surface area contributed by atoms with Crippen molar-refractivity contribution in [2.24, 2.45) is 0 Å². The number of allylic oxidation sites excluding steroid dienone is 5. The second kappa shape index (κ2) is 14.7. The van der Waals surface area contributed by atoms with Gasteiger partial charge in [0.15, 0.2) is 0 Å². The molecule has 6 aromatic carbocycles. The highest BCUT2D eigenvalue weighted by Crippen LogP contribution is 2.35. The van der Waals surface area contributed by atoms with Gasteiger partial charge >= 0.3 is 0 Å². The Hall–Kier alpha value is -6.64. The largest absolute Gasteiger partial charge is 0.317 e. The lowest BCUT2D eigenvalue weighted by Crippen LogP contribution is -1.95. The number of para-hydroxylation sites is 2. The maximum Gasteiger partial charge on any atom is 0.0541 e. The molecule has 2 heteroatoms. The number of benzene rings is 6. The van der Waals surface area contributed by atoms with Crippen molar-refractivity contribution < 1.29 is 0 Å². The van der Waals surface area contributed by atoms with E-state index in [1.54, 1.807) is 6.08 Å². The molecular weight excluding hydrogens is 629 g/mol. The monoisotopic (exact) mass is 668 g/mol. The van der Waals surface area contributed by atoms with Gasteiger partial charge in [0.1, 0.15) is 0 Å². The first-order chi connectivity index (χ1) is 25.7. The van der Waals surface area contributed by atoms with Gasteiger partial charge in [-0.05, 0) is 101 Å². The molecule has 52 heavy (non-hydrogen) atoms. The van der Waals surface area contributed by atoms with Crippen molar-refractivity contribution in [2.75, 3.05) is 0 Å². The third-order valence-electron chi connectivity index (χ3n) is 9.77. The predicted octanol–water partition coefficient (Wildman–Crippen LogP) is 13.3. The molecule has 8 rings (SSSR count). The summed E-state index contributed by atoms with van der Waals surface area (Å²) in [5, 5.41) is 3.69. The molecule has 2 heterocycles. The average molecular weight is 669 g/mol. The maximum absolute atomic E-state index is 3.73. The van der Waals surface area contributed by atoms with Crippen LogP contribution in [0.25, 0.3) is 66.3 Å². The number of hydrogen-bond acceptors (Lipinski definition) is 0. The molecule has 0 aliphatic rings. The molecule has 250 valence electrons. The molecule has 0 fully saturated rings. The lowest BCUT2D eigenvalue weighted by molar-refractivity contribution is 1.11. The van der Waals surface area contributed by atoms with Crippen LogP contribution in [0.2, 0.25) is 0 Å². The van der Waals surface area contributed by atoms with Gasteiger partial charge in [-0.15, -0.1) is 0 Å². The Morgan fingerprint density at radius 3 is 1.88 bits per heavy atom. The number of hydrogen-bond donors (Lipinski definition) is 0. The van der Waals surface area contributed by atoms with E-state index in [0.29, 0.717) is 0 Å². The van der Waals surface area contributed by atoms with Crippen molar-refractivity contribution in [3.63, 3.8) is 0 Å². The summed E-state index contributed by atoms with van der Waals surface area (Å²) in [5.74, 6) is 0. The van der Waals surface area contributed by atoms with Crippen LogP contribution in [0.3, 0.4) is 0 Å². The zero-order valence-corrected chi connectivity index (χ0v) is 29.4. The lowest BCUT2D eigenvalue weighted by Gasteiger charge is -2.11. The molecule has 0 N–H and O–H groups in total. The number of aryl methyl sites for hydroxylation is 1. The highest BCUT2D eigenvalue weighted by molar-refractivity contribution is 6.10. The van der Waals surface area contributed by atoms with E-state index in [2.05, 4.69) is 205 Å². The highest BCUT2D eigenvalue weighted by Gasteiger charge is 2.13. The fraction of sp³-hybridized carbons (Fsp3) is 0.0400. The molecule has 0 radical (unpaired) electrons. The summed E-state index contributed by atoms with van der Waals surface area (Å²) in [4.78, 5) is 0. The summed E-state index contributed by atoms with van der Waals surface area (Å²) in [6.45, 7) is 5.95. The van der Waals surface area contributed by atoms with E-state index in [0.717, 1.165) is 23.3 Å². The van der Waals surface area contributed by atoms with Crippen molar-refractivity contribution in [1.29, 1.82) is 0 Å². The third-order valence-corrected chi connectivity index (χ3v) is 9.77. The molecule has 0 aliphatic heterocycles. The van der Waals surface area contributed by atoms with Crippen molar-refractivity contribution in [2.45, 2.75) is 13.3 Å². The van der Waals surface area contributed by atoms with Crippen LogP contribution >= 0.6 is 0 Å². The molecule has 0 amide bonds. The second-order valence-corrected chi connectivity index (χ2v) is 13.1. The average Bonchev–Trinajstić information content (AvgIpc) is 3.56. The first kappa shape index (κ1) is 32.6. The molecule has 8 aromatic rings. The molecule has 0 atom stereocenters. The van der Waals surface area contributed by atoms with E-state index in [1.165, 1.54) is 60.6 Å². The molecule has 0 spiro atoms. The summed E-state index contributed by atoms with van der Waals surface area (Å²) in [5.41, 5.74) is 13.1. The van der Waals surface area contributed by atoms with Gasteiger partial charge < -0.3 is 9.13 Å². The van der Waals surface area contributed by atoms with E-state index >= 15 is 0 Å². The van der Waals surface area contributed by atoms with Gasteiger partial charge in [0.25, 0.3) is 0 Å². The Balaban J connectivity index is 1.21. The summed E-state index contributed by atoms with van der Waals surface area (Å²) >= 11 is 0. The van der Waals surface area contributed by atoms with Crippen LogP contribution in [-0.4, -0.2) is 9.13 Å². The SMILES string of the molecule is C=C/C=C/C=C/Cc1ccc(-n2c3ccccc3c3cc(-c4cccn(-c5ccc(-c6ccccc6)cc5)c5ccccc5c(C)c4)ccc32)cc1. The number of nitrogens with zero attached hydrogens (tertiary/aromatic N) is 2. The molecule has 0 aliphatic carbocycles. The Bertz CT molecular complexity index is 2650. The maximum atomic E-state index is 3.73. The first-order valence-corrected chi connectivity index (χ1v) is 17.9. The molecule has 0 saturated carbocycles. The summed E-state index contributed by atoms with van der Waals surface area (Å²) < 4.78 is 4.68. The zero-order valence-electron chi connectivity index (χ0n) is 29.4. The molecule has 2 nitrogen and oxygen atoms in total. The smallest absolute Gasteiger partial charge is 0.0541 e. The molecular formula is C50H40N2. The van der Waals surface area contributed by atoms with E-state index in [4.69, 9.17) is 0 Å². The Kier molecular flexibility index (Phi) is 9.19. The van der Waals surface area contributed by atoms with Crippen LogP contribution < -0.4 is 0 Å². The lowest BCUT2D eigenvalue weighted by atomic mass is 10.0. The van der Waals surface area contributed by atoms with Crippen LogP contribution in [0.1, 0.15) is 11.1 Å². The Labute approximate surface area is 305 Å². The second-order valence-electron chi connectivity index (χ2n) is 13.1. The first-order valence-electron chi connectivity index (χ1n) is 17.9. The van der Waals surface area contributed by atoms with Gasteiger partial charge in [-0.25, -0.2) is 0 Å². The van der Waals surface area contributed by atoms with Crippen molar-refractivity contribution in [3.8, 4) is 33.6 Å². The minimum atomic E-state index is 0.886. The van der Waals surface area contributed by atoms with Crippen LogP contribution in [0.15, 0.2) is 207 Å². The normalized spacial score (nSPS) is 11.6. The highest BCUT2D eigenvalue weighted by atomic mass is 15.0. The fourth-order valence-electron chi connectivity index (χ4n) is 7.18. The third kappa shape index (κ3) is 6.51. The van der Waals surface area contributed by atoms with Crippen LogP contribution in [0.5, 0.6) is 0 Å². The van der Waals surface area contributed by atoms with E-state index in [-0.39, 0.29) is 0 Å². The number of aromatic nitrogens is 2. The van der Waals surface area contributed by atoms with Gasteiger partial charge in [0, 0.05) is 33.7 Å². The molecule has 2 aromatic heterocycles. The van der Waals surface area contributed by atoms with Crippen molar-refractivity contribution >= 4 is 32.7 Å². The minimum Gasteiger partial charge on any atom is -0.317 e. The van der Waals surface area contributed by atoms with Crippen LogP contribution in [0, 0.1) is 6.92 Å². The number of rotatable bonds is 8. The molecule has 0 unspecified atom stereocenters. The Morgan fingerprint density at radius 2 is 1.10 bits per heavy atom. The fourth-order valence-corrected chi connectivity index (χ4v) is 7.18. The van der Waals surface area contributed by atoms with E-state index in [1.807, 2.05) is 12.2 Å². The van der Waals surface area contributed by atoms with Crippen molar-refractivity contribution in [3.05, 3.63) is 218 Å². The van der Waals surface area contributed by atoms with Crippen LogP contribution in [0.4, 0.5) is 0 Å². The van der Waals surface area contributed by atoms with Gasteiger partial charge in [-0.1, -0.05) is 146 Å². The van der Waals surface area contributed by atoms with E-state index in [9.17, 15) is 0 Å². The summed E-state index contributed by atoms with van der Waals surface area (Å²) in [7, 11) is 0. The van der Waals surface area contributed by atoms with Crippen molar-refractivity contribution in [1.82, 2.24) is 9.13 Å². The molecule has 0 saturated heterocycles. The predicted molar refractivity (Wildman–Crippen MR) is 223 cm³/mol. The standard InChI is InChI=1S/C50H40N2/c1-3-4-5-6-8-16-38-24-29-44(30-25-38)52-49-23-14-12-21-46(49)47-36-42(28-33-50(47)52)41-19-15-34-51(48-22-13-11-20-45(48)37(2)35-41)43-31-26-40(27-32-43)39-17-9-7-10-18-39/h3-15,17-36H,1,16H2,2H3/b5-4+,8-6+,34-15?,37-35?,41-19?. The minimum absolute atomic E-state index is 0.886. The summed E-state index contributed by atoms with van der Waals surface area (Å²) in [6, 6.07) is 59.4. The van der Waals surface area contributed by atoms with Gasteiger partial charge in [-0.2, -0.15) is 0 Å². The van der Waals surface area contributed by atoms with Gasteiger partial charge in [0.05, 0.1) is 16.6 Å². The zero-order chi connectivity index (χ0) is 35.3. The Morgan fingerprint density at radius 1 is 0.481 bits per heavy atom. The quantitative estimate of drug-likeness (QED) is 0.143. The van der Waals surface area contributed by atoms with E-state index < -0.39 is 0 Å². The van der Waals surface area contributed by atoms with Gasteiger partial charge in [0.2, 0.25) is 0 Å². The van der Waals surface area contributed by atoms with Gasteiger partial charge in [-0.3, -0.25) is 0 Å². The number of fused-ring (bicyclic) bond motifs is 4. The molecule has 0 bridgehead atoms. The topological polar surface area (TPSA) is 9.86 Å². The summed E-state index contributed by atoms with van der Waals surface area (Å²) in [6.07, 6.45) is 13.1.